The van der Waals surface area contributed by atoms with E-state index in [1.807, 2.05) is 0 Å². The molecule has 3 rings (SSSR count). The Bertz CT molecular complexity index is 804. The second kappa shape index (κ2) is 4.93. The highest BCUT2D eigenvalue weighted by Gasteiger charge is 2.21. The van der Waals surface area contributed by atoms with Gasteiger partial charge in [-0.1, -0.05) is 29.3 Å². The Morgan fingerprint density at radius 3 is 2.65 bits per heavy atom. The van der Waals surface area contributed by atoms with Gasteiger partial charge in [-0.05, 0) is 36.4 Å². The number of ketones is 1. The van der Waals surface area contributed by atoms with E-state index >= 15 is 0 Å². The van der Waals surface area contributed by atoms with Gasteiger partial charge in [0.1, 0.15) is 11.4 Å². The van der Waals surface area contributed by atoms with Gasteiger partial charge in [-0.15, -0.1) is 0 Å². The first kappa shape index (κ1) is 13.2. The minimum atomic E-state index is -0.680. The van der Waals surface area contributed by atoms with Crippen LogP contribution in [0.1, 0.15) is 16.1 Å². The van der Waals surface area contributed by atoms with Gasteiger partial charge in [0.05, 0.1) is 10.6 Å². The van der Waals surface area contributed by atoms with Gasteiger partial charge in [-0.2, -0.15) is 0 Å². The summed E-state index contributed by atoms with van der Waals surface area (Å²) in [7, 11) is 0. The van der Waals surface area contributed by atoms with Gasteiger partial charge in [0.2, 0.25) is 5.78 Å². The number of fused-ring (bicyclic) bond motifs is 1. The van der Waals surface area contributed by atoms with Crippen LogP contribution in [0.25, 0.3) is 11.0 Å². The Hall–Kier alpha value is -1.84. The van der Waals surface area contributed by atoms with Crippen molar-refractivity contribution in [2.24, 2.45) is 0 Å². The quantitative estimate of drug-likeness (QED) is 0.616. The number of rotatable bonds is 2. The molecule has 2 aromatic carbocycles. The van der Waals surface area contributed by atoms with Crippen molar-refractivity contribution >= 4 is 40.0 Å². The molecule has 0 saturated heterocycles. The van der Waals surface area contributed by atoms with E-state index in [0.29, 0.717) is 16.0 Å². The molecule has 0 N–H and O–H groups in total. The normalized spacial score (nSPS) is 10.9. The van der Waals surface area contributed by atoms with Crippen molar-refractivity contribution in [3.63, 3.8) is 0 Å². The molecule has 0 radical (unpaired) electrons. The second-order valence-electron chi connectivity index (χ2n) is 4.22. The van der Waals surface area contributed by atoms with Crippen molar-refractivity contribution in [1.82, 2.24) is 0 Å². The maximum absolute atomic E-state index is 13.7. The molecule has 2 nitrogen and oxygen atoms in total. The first-order valence-electron chi connectivity index (χ1n) is 5.74. The SMILES string of the molecule is O=C(c1cc2cc(Cl)ccc2o1)c1c(F)cccc1Cl. The number of hydrogen-bond donors (Lipinski definition) is 0. The number of hydrogen-bond acceptors (Lipinski definition) is 2. The predicted molar refractivity (Wildman–Crippen MR) is 76.1 cm³/mol. The summed E-state index contributed by atoms with van der Waals surface area (Å²) >= 11 is 11.7. The number of carbonyl (C=O) groups excluding carboxylic acids is 1. The van der Waals surface area contributed by atoms with E-state index in [1.54, 1.807) is 18.2 Å². The van der Waals surface area contributed by atoms with E-state index in [2.05, 4.69) is 0 Å². The molecule has 20 heavy (non-hydrogen) atoms. The Morgan fingerprint density at radius 2 is 1.90 bits per heavy atom. The lowest BCUT2D eigenvalue weighted by atomic mass is 10.1. The third kappa shape index (κ3) is 2.19. The van der Waals surface area contributed by atoms with Gasteiger partial charge in [0, 0.05) is 10.4 Å². The molecular weight excluding hydrogens is 302 g/mol. The van der Waals surface area contributed by atoms with Crippen LogP contribution < -0.4 is 0 Å². The average molecular weight is 309 g/mol. The Morgan fingerprint density at radius 1 is 1.10 bits per heavy atom. The topological polar surface area (TPSA) is 30.2 Å². The summed E-state index contributed by atoms with van der Waals surface area (Å²) in [6.07, 6.45) is 0. The van der Waals surface area contributed by atoms with Gasteiger partial charge in [0.25, 0.3) is 0 Å². The van der Waals surface area contributed by atoms with Crippen molar-refractivity contribution in [2.75, 3.05) is 0 Å². The van der Waals surface area contributed by atoms with Crippen LogP contribution in [0.15, 0.2) is 46.9 Å². The third-order valence-electron chi connectivity index (χ3n) is 2.89. The van der Waals surface area contributed by atoms with Crippen LogP contribution in [-0.4, -0.2) is 5.78 Å². The van der Waals surface area contributed by atoms with Crippen molar-refractivity contribution < 1.29 is 13.6 Å². The Balaban J connectivity index is 2.13. The van der Waals surface area contributed by atoms with E-state index in [4.69, 9.17) is 27.6 Å². The van der Waals surface area contributed by atoms with Gasteiger partial charge in [-0.25, -0.2) is 4.39 Å². The lowest BCUT2D eigenvalue weighted by Gasteiger charge is -2.02. The molecule has 1 heterocycles. The molecule has 0 bridgehead atoms. The monoisotopic (exact) mass is 308 g/mol. The van der Waals surface area contributed by atoms with Crippen LogP contribution in [0, 0.1) is 5.82 Å². The molecule has 0 unspecified atom stereocenters. The summed E-state index contributed by atoms with van der Waals surface area (Å²) in [5.74, 6) is -1.25. The smallest absolute Gasteiger partial charge is 0.232 e. The number of halogens is 3. The summed E-state index contributed by atoms with van der Waals surface area (Å²) in [6.45, 7) is 0. The number of benzene rings is 2. The van der Waals surface area contributed by atoms with E-state index < -0.39 is 11.6 Å². The van der Waals surface area contributed by atoms with Gasteiger partial charge < -0.3 is 4.42 Å². The van der Waals surface area contributed by atoms with E-state index in [9.17, 15) is 9.18 Å². The lowest BCUT2D eigenvalue weighted by Crippen LogP contribution is -2.03. The molecule has 0 aliphatic carbocycles. The molecule has 0 fully saturated rings. The van der Waals surface area contributed by atoms with E-state index in [-0.39, 0.29) is 16.3 Å². The zero-order chi connectivity index (χ0) is 14.3. The molecule has 0 saturated carbocycles. The molecule has 100 valence electrons. The van der Waals surface area contributed by atoms with Crippen LogP contribution in [-0.2, 0) is 0 Å². The van der Waals surface area contributed by atoms with Gasteiger partial charge >= 0.3 is 0 Å². The van der Waals surface area contributed by atoms with Crippen LogP contribution in [0.2, 0.25) is 10.0 Å². The molecule has 0 atom stereocenters. The summed E-state index contributed by atoms with van der Waals surface area (Å²) in [6, 6.07) is 10.6. The molecule has 0 spiro atoms. The van der Waals surface area contributed by atoms with Crippen molar-refractivity contribution in [2.45, 2.75) is 0 Å². The van der Waals surface area contributed by atoms with Crippen molar-refractivity contribution in [3.05, 3.63) is 69.7 Å². The van der Waals surface area contributed by atoms with Gasteiger partial charge in [0.15, 0.2) is 5.76 Å². The second-order valence-corrected chi connectivity index (χ2v) is 5.06. The zero-order valence-corrected chi connectivity index (χ0v) is 11.5. The fourth-order valence-electron chi connectivity index (χ4n) is 1.96. The maximum Gasteiger partial charge on any atom is 0.232 e. The molecule has 0 aliphatic heterocycles. The first-order valence-corrected chi connectivity index (χ1v) is 6.49. The molecule has 0 aliphatic rings. The van der Waals surface area contributed by atoms with Crippen LogP contribution in [0.3, 0.4) is 0 Å². The van der Waals surface area contributed by atoms with Crippen LogP contribution in [0.5, 0.6) is 0 Å². The highest BCUT2D eigenvalue weighted by atomic mass is 35.5. The Kier molecular flexibility index (Phi) is 3.24. The molecule has 5 heteroatoms. The maximum atomic E-state index is 13.7. The first-order chi connectivity index (χ1) is 9.56. The highest BCUT2D eigenvalue weighted by molar-refractivity contribution is 6.35. The molecule has 0 amide bonds. The molecule has 1 aromatic heterocycles. The van der Waals surface area contributed by atoms with E-state index in [0.717, 1.165) is 0 Å². The average Bonchev–Trinajstić information content (AvgIpc) is 2.81. The lowest BCUT2D eigenvalue weighted by molar-refractivity contribution is 0.101. The van der Waals surface area contributed by atoms with Gasteiger partial charge in [-0.3, -0.25) is 4.79 Å². The molecule has 3 aromatic rings. The minimum absolute atomic E-state index is 0.0225. The van der Waals surface area contributed by atoms with Crippen molar-refractivity contribution in [3.8, 4) is 0 Å². The predicted octanol–water partition coefficient (Wildman–Crippen LogP) is 5.11. The highest BCUT2D eigenvalue weighted by Crippen LogP contribution is 2.27. The van der Waals surface area contributed by atoms with Crippen molar-refractivity contribution in [1.29, 1.82) is 0 Å². The number of carbonyl (C=O) groups is 1. The van der Waals surface area contributed by atoms with Crippen LogP contribution >= 0.6 is 23.2 Å². The number of furan rings is 1. The zero-order valence-electron chi connectivity index (χ0n) is 9.99. The van der Waals surface area contributed by atoms with E-state index in [1.165, 1.54) is 24.3 Å². The Labute approximate surface area is 123 Å². The summed E-state index contributed by atoms with van der Waals surface area (Å²) < 4.78 is 19.2. The molecular formula is C15H7Cl2FO2. The standard InChI is InChI=1S/C15H7Cl2FO2/c16-9-4-5-12-8(6-9)7-13(20-12)15(19)14-10(17)2-1-3-11(14)18/h1-7H. The summed E-state index contributed by atoms with van der Waals surface area (Å²) in [5.41, 5.74) is 0.310. The largest absolute Gasteiger partial charge is 0.453 e. The summed E-state index contributed by atoms with van der Waals surface area (Å²) in [5, 5.41) is 1.25. The third-order valence-corrected chi connectivity index (χ3v) is 3.44. The fraction of sp³-hybridized carbons (Fsp3) is 0. The van der Waals surface area contributed by atoms with Crippen LogP contribution in [0.4, 0.5) is 4.39 Å². The fourth-order valence-corrected chi connectivity index (χ4v) is 2.39. The minimum Gasteiger partial charge on any atom is -0.453 e. The summed E-state index contributed by atoms with van der Waals surface area (Å²) in [4.78, 5) is 12.3.